The topological polar surface area (TPSA) is 39.9 Å². The van der Waals surface area contributed by atoms with Crippen LogP contribution in [0, 0.1) is 6.92 Å². The van der Waals surface area contributed by atoms with Crippen molar-refractivity contribution in [3.05, 3.63) is 42.0 Å². The number of hydrogen-bond acceptors (Lipinski definition) is 3. The molecule has 0 unspecified atom stereocenters. The Balaban J connectivity index is 1.93. The summed E-state index contributed by atoms with van der Waals surface area (Å²) in [5.41, 5.74) is 2.22. The second kappa shape index (κ2) is 5.48. The summed E-state index contributed by atoms with van der Waals surface area (Å²) in [5.74, 6) is 0.806. The van der Waals surface area contributed by atoms with Gasteiger partial charge in [0, 0.05) is 24.5 Å². The Hall–Kier alpha value is -1.84. The SMILES string of the molecule is CCCn1cc(OCc2cncc(C)c2)cn1. The molecule has 0 saturated carbocycles. The Morgan fingerprint density at radius 3 is 2.94 bits per heavy atom. The fourth-order valence-corrected chi connectivity index (χ4v) is 1.63. The molecule has 0 aliphatic rings. The highest BCUT2D eigenvalue weighted by Crippen LogP contribution is 2.11. The van der Waals surface area contributed by atoms with Gasteiger partial charge in [0.1, 0.15) is 6.61 Å². The van der Waals surface area contributed by atoms with Gasteiger partial charge in [-0.15, -0.1) is 0 Å². The maximum atomic E-state index is 5.65. The van der Waals surface area contributed by atoms with Crippen molar-refractivity contribution in [2.24, 2.45) is 0 Å². The highest BCUT2D eigenvalue weighted by atomic mass is 16.5. The van der Waals surface area contributed by atoms with Gasteiger partial charge in [-0.05, 0) is 25.0 Å². The quantitative estimate of drug-likeness (QED) is 0.794. The van der Waals surface area contributed by atoms with E-state index < -0.39 is 0 Å². The number of ether oxygens (including phenoxy) is 1. The summed E-state index contributed by atoms with van der Waals surface area (Å²) in [6, 6.07) is 2.07. The van der Waals surface area contributed by atoms with Crippen molar-refractivity contribution in [2.45, 2.75) is 33.4 Å². The summed E-state index contributed by atoms with van der Waals surface area (Å²) in [6.07, 6.45) is 8.40. The summed E-state index contributed by atoms with van der Waals surface area (Å²) >= 11 is 0. The van der Waals surface area contributed by atoms with Crippen molar-refractivity contribution in [3.8, 4) is 5.75 Å². The first-order chi connectivity index (χ1) is 8.28. The maximum Gasteiger partial charge on any atom is 0.157 e. The van der Waals surface area contributed by atoms with Crippen molar-refractivity contribution in [1.29, 1.82) is 0 Å². The van der Waals surface area contributed by atoms with Crippen LogP contribution in [0.25, 0.3) is 0 Å². The fourth-order valence-electron chi connectivity index (χ4n) is 1.63. The molecule has 4 nitrogen and oxygen atoms in total. The highest BCUT2D eigenvalue weighted by molar-refractivity contribution is 5.18. The van der Waals surface area contributed by atoms with Gasteiger partial charge in [-0.25, -0.2) is 0 Å². The van der Waals surface area contributed by atoms with E-state index in [2.05, 4.69) is 23.1 Å². The molecule has 4 heteroatoms. The van der Waals surface area contributed by atoms with E-state index >= 15 is 0 Å². The van der Waals surface area contributed by atoms with E-state index in [1.165, 1.54) is 0 Å². The first kappa shape index (κ1) is 11.6. The van der Waals surface area contributed by atoms with E-state index in [1.807, 2.05) is 30.2 Å². The monoisotopic (exact) mass is 231 g/mol. The van der Waals surface area contributed by atoms with Crippen molar-refractivity contribution in [1.82, 2.24) is 14.8 Å². The molecule has 2 aromatic heterocycles. The number of rotatable bonds is 5. The molecule has 2 rings (SSSR count). The molecule has 2 aromatic rings. The Bertz CT molecular complexity index is 479. The van der Waals surface area contributed by atoms with Crippen LogP contribution < -0.4 is 4.74 Å². The molecule has 0 saturated heterocycles. The van der Waals surface area contributed by atoms with Gasteiger partial charge in [0.2, 0.25) is 0 Å². The molecule has 0 amide bonds. The van der Waals surface area contributed by atoms with Crippen LogP contribution in [-0.4, -0.2) is 14.8 Å². The van der Waals surface area contributed by atoms with Crippen LogP contribution in [0.2, 0.25) is 0 Å². The Labute approximate surface area is 101 Å². The van der Waals surface area contributed by atoms with Crippen molar-refractivity contribution >= 4 is 0 Å². The zero-order chi connectivity index (χ0) is 12.1. The standard InChI is InChI=1S/C13H17N3O/c1-3-4-16-9-13(8-15-16)17-10-12-5-11(2)6-14-7-12/h5-9H,3-4,10H2,1-2H3. The molecule has 0 aromatic carbocycles. The van der Waals surface area contributed by atoms with Gasteiger partial charge in [0.05, 0.1) is 12.4 Å². The number of aryl methyl sites for hydroxylation is 2. The Morgan fingerprint density at radius 1 is 1.29 bits per heavy atom. The van der Waals surface area contributed by atoms with Crippen molar-refractivity contribution in [3.63, 3.8) is 0 Å². The van der Waals surface area contributed by atoms with Crippen LogP contribution in [0.3, 0.4) is 0 Å². The lowest BCUT2D eigenvalue weighted by molar-refractivity contribution is 0.305. The Kier molecular flexibility index (Phi) is 3.75. The van der Waals surface area contributed by atoms with Gasteiger partial charge in [-0.1, -0.05) is 6.92 Å². The van der Waals surface area contributed by atoms with Gasteiger partial charge in [0.15, 0.2) is 5.75 Å². The van der Waals surface area contributed by atoms with Crippen LogP contribution in [-0.2, 0) is 13.2 Å². The number of pyridine rings is 1. The van der Waals surface area contributed by atoms with Gasteiger partial charge in [0.25, 0.3) is 0 Å². The average Bonchev–Trinajstić information content (AvgIpc) is 2.75. The molecule has 2 heterocycles. The molecular weight excluding hydrogens is 214 g/mol. The first-order valence-electron chi connectivity index (χ1n) is 5.83. The zero-order valence-corrected chi connectivity index (χ0v) is 10.3. The van der Waals surface area contributed by atoms with E-state index in [-0.39, 0.29) is 0 Å². The molecule has 0 fully saturated rings. The summed E-state index contributed by atoms with van der Waals surface area (Å²) < 4.78 is 7.54. The third-order valence-electron chi connectivity index (χ3n) is 2.40. The smallest absolute Gasteiger partial charge is 0.157 e. The molecule has 0 aliphatic heterocycles. The van der Waals surface area contributed by atoms with Crippen LogP contribution in [0.4, 0.5) is 0 Å². The zero-order valence-electron chi connectivity index (χ0n) is 10.3. The largest absolute Gasteiger partial charge is 0.486 e. The molecule has 0 bridgehead atoms. The predicted octanol–water partition coefficient (Wildman–Crippen LogP) is 2.58. The number of hydrogen-bond donors (Lipinski definition) is 0. The highest BCUT2D eigenvalue weighted by Gasteiger charge is 2.00. The number of nitrogens with zero attached hydrogens (tertiary/aromatic N) is 3. The summed E-state index contributed by atoms with van der Waals surface area (Å²) in [6.45, 7) is 5.61. The van der Waals surface area contributed by atoms with Crippen LogP contribution in [0.5, 0.6) is 5.75 Å². The van der Waals surface area contributed by atoms with Gasteiger partial charge < -0.3 is 4.74 Å². The minimum Gasteiger partial charge on any atom is -0.486 e. The summed E-state index contributed by atoms with van der Waals surface area (Å²) in [7, 11) is 0. The van der Waals surface area contributed by atoms with Gasteiger partial charge in [-0.3, -0.25) is 9.67 Å². The van der Waals surface area contributed by atoms with E-state index in [1.54, 1.807) is 6.20 Å². The van der Waals surface area contributed by atoms with E-state index in [0.29, 0.717) is 6.61 Å². The second-order valence-corrected chi connectivity index (χ2v) is 4.10. The van der Waals surface area contributed by atoms with Gasteiger partial charge >= 0.3 is 0 Å². The Morgan fingerprint density at radius 2 is 2.18 bits per heavy atom. The predicted molar refractivity (Wildman–Crippen MR) is 65.8 cm³/mol. The maximum absolute atomic E-state index is 5.65. The molecule has 0 radical (unpaired) electrons. The molecule has 0 aliphatic carbocycles. The third-order valence-corrected chi connectivity index (χ3v) is 2.40. The molecule has 17 heavy (non-hydrogen) atoms. The molecule has 0 atom stereocenters. The number of aromatic nitrogens is 3. The summed E-state index contributed by atoms with van der Waals surface area (Å²) in [4.78, 5) is 4.13. The van der Waals surface area contributed by atoms with Crippen LogP contribution in [0.1, 0.15) is 24.5 Å². The van der Waals surface area contributed by atoms with Gasteiger partial charge in [-0.2, -0.15) is 5.10 Å². The average molecular weight is 231 g/mol. The molecule has 0 N–H and O–H groups in total. The minimum atomic E-state index is 0.534. The minimum absolute atomic E-state index is 0.534. The van der Waals surface area contributed by atoms with E-state index in [4.69, 9.17) is 4.74 Å². The molecule has 90 valence electrons. The fraction of sp³-hybridized carbons (Fsp3) is 0.385. The first-order valence-corrected chi connectivity index (χ1v) is 5.83. The molecule has 0 spiro atoms. The third kappa shape index (κ3) is 3.31. The lowest BCUT2D eigenvalue weighted by Crippen LogP contribution is -1.97. The lowest BCUT2D eigenvalue weighted by atomic mass is 10.2. The summed E-state index contributed by atoms with van der Waals surface area (Å²) in [5, 5.41) is 4.21. The van der Waals surface area contributed by atoms with E-state index in [0.717, 1.165) is 29.8 Å². The molecular formula is C13H17N3O. The van der Waals surface area contributed by atoms with Crippen molar-refractivity contribution < 1.29 is 4.74 Å². The van der Waals surface area contributed by atoms with Crippen molar-refractivity contribution in [2.75, 3.05) is 0 Å². The van der Waals surface area contributed by atoms with Crippen LogP contribution >= 0.6 is 0 Å². The van der Waals surface area contributed by atoms with Crippen LogP contribution in [0.15, 0.2) is 30.9 Å². The second-order valence-electron chi connectivity index (χ2n) is 4.10. The van der Waals surface area contributed by atoms with E-state index in [9.17, 15) is 0 Å². The lowest BCUT2D eigenvalue weighted by Gasteiger charge is -2.03. The normalized spacial score (nSPS) is 10.5.